The van der Waals surface area contributed by atoms with Crippen molar-refractivity contribution in [2.75, 3.05) is 13.1 Å². The number of aromatic amines is 1. The highest BCUT2D eigenvalue weighted by Gasteiger charge is 2.33. The van der Waals surface area contributed by atoms with Gasteiger partial charge in [0.15, 0.2) is 5.03 Å². The lowest BCUT2D eigenvalue weighted by Crippen LogP contribution is -2.42. The number of hydrogen-bond acceptors (Lipinski definition) is 4. The van der Waals surface area contributed by atoms with E-state index in [0.717, 1.165) is 0 Å². The zero-order valence-electron chi connectivity index (χ0n) is 9.04. The minimum atomic E-state index is -3.63. The van der Waals surface area contributed by atoms with Gasteiger partial charge in [-0.3, -0.25) is 4.79 Å². The number of carboxylic acids is 1. The normalized spacial score (nSPS) is 22.5. The average molecular weight is 259 g/mol. The molecule has 1 aromatic heterocycles. The molecule has 0 amide bonds. The summed E-state index contributed by atoms with van der Waals surface area (Å²) in [4.78, 5) is 17.1. The van der Waals surface area contributed by atoms with Gasteiger partial charge < -0.3 is 10.1 Å². The number of piperidine rings is 1. The van der Waals surface area contributed by atoms with Gasteiger partial charge in [-0.15, -0.1) is 0 Å². The maximum atomic E-state index is 12.1. The second kappa shape index (κ2) is 4.46. The van der Waals surface area contributed by atoms with Crippen molar-refractivity contribution in [2.24, 2.45) is 5.92 Å². The molecule has 0 aromatic carbocycles. The lowest BCUT2D eigenvalue weighted by Gasteiger charge is -2.29. The van der Waals surface area contributed by atoms with Gasteiger partial charge in [0.2, 0.25) is 0 Å². The molecule has 1 atom stereocenters. The van der Waals surface area contributed by atoms with Gasteiger partial charge in [-0.1, -0.05) is 0 Å². The summed E-state index contributed by atoms with van der Waals surface area (Å²) in [6, 6.07) is 0. The number of nitrogens with one attached hydrogen (secondary N) is 1. The highest BCUT2D eigenvalue weighted by atomic mass is 32.2. The van der Waals surface area contributed by atoms with Crippen molar-refractivity contribution in [1.82, 2.24) is 14.3 Å². The zero-order chi connectivity index (χ0) is 12.5. The Morgan fingerprint density at radius 3 is 2.94 bits per heavy atom. The van der Waals surface area contributed by atoms with Crippen molar-refractivity contribution < 1.29 is 18.3 Å². The molecule has 0 saturated carbocycles. The van der Waals surface area contributed by atoms with Gasteiger partial charge >= 0.3 is 5.97 Å². The van der Waals surface area contributed by atoms with Crippen LogP contribution in [-0.4, -0.2) is 46.9 Å². The first-order chi connectivity index (χ1) is 8.01. The van der Waals surface area contributed by atoms with Gasteiger partial charge in [-0.2, -0.15) is 4.31 Å². The van der Waals surface area contributed by atoms with Gasteiger partial charge in [0.25, 0.3) is 10.0 Å². The fourth-order valence-corrected chi connectivity index (χ4v) is 3.31. The van der Waals surface area contributed by atoms with E-state index in [1.54, 1.807) is 0 Å². The van der Waals surface area contributed by atoms with Crippen molar-refractivity contribution in [3.8, 4) is 0 Å². The summed E-state index contributed by atoms with van der Waals surface area (Å²) in [6.45, 7) is 0.377. The summed E-state index contributed by atoms with van der Waals surface area (Å²) >= 11 is 0. The van der Waals surface area contributed by atoms with Crippen molar-refractivity contribution >= 4 is 16.0 Å². The number of carbonyl (C=O) groups is 1. The predicted octanol–water partition coefficient (Wildman–Crippen LogP) is -0.105. The van der Waals surface area contributed by atoms with E-state index in [0.29, 0.717) is 19.4 Å². The van der Waals surface area contributed by atoms with E-state index in [1.165, 1.54) is 16.8 Å². The van der Waals surface area contributed by atoms with Crippen LogP contribution in [0.25, 0.3) is 0 Å². The SMILES string of the molecule is O=C(O)[C@@H]1CCCN(S(=O)(=O)c2cnc[nH]2)C1. The topological polar surface area (TPSA) is 103 Å². The maximum absolute atomic E-state index is 12.1. The summed E-state index contributed by atoms with van der Waals surface area (Å²) in [6.07, 6.45) is 3.58. The van der Waals surface area contributed by atoms with Crippen LogP contribution in [0.15, 0.2) is 17.6 Å². The third-order valence-electron chi connectivity index (χ3n) is 2.82. The molecule has 94 valence electrons. The van der Waals surface area contributed by atoms with Gasteiger partial charge in [0, 0.05) is 13.1 Å². The first-order valence-electron chi connectivity index (χ1n) is 5.23. The first kappa shape index (κ1) is 12.1. The van der Waals surface area contributed by atoms with E-state index >= 15 is 0 Å². The second-order valence-electron chi connectivity index (χ2n) is 3.96. The second-order valence-corrected chi connectivity index (χ2v) is 5.86. The van der Waals surface area contributed by atoms with Gasteiger partial charge in [-0.25, -0.2) is 13.4 Å². The highest BCUT2D eigenvalue weighted by molar-refractivity contribution is 7.89. The summed E-state index contributed by atoms with van der Waals surface area (Å²) < 4.78 is 25.4. The molecule has 1 aliphatic rings. The summed E-state index contributed by atoms with van der Waals surface area (Å²) in [7, 11) is -3.63. The van der Waals surface area contributed by atoms with Crippen molar-refractivity contribution in [3.05, 3.63) is 12.5 Å². The molecule has 1 saturated heterocycles. The number of nitrogens with zero attached hydrogens (tertiary/aromatic N) is 2. The molecule has 2 heterocycles. The van der Waals surface area contributed by atoms with E-state index < -0.39 is 21.9 Å². The van der Waals surface area contributed by atoms with Crippen LogP contribution in [-0.2, 0) is 14.8 Å². The lowest BCUT2D eigenvalue weighted by atomic mass is 10.0. The van der Waals surface area contributed by atoms with E-state index in [9.17, 15) is 13.2 Å². The molecule has 0 aliphatic carbocycles. The van der Waals surface area contributed by atoms with Gasteiger partial charge in [0.05, 0.1) is 18.4 Å². The van der Waals surface area contributed by atoms with E-state index in [1.807, 2.05) is 0 Å². The molecule has 1 aromatic rings. The van der Waals surface area contributed by atoms with Crippen molar-refractivity contribution in [2.45, 2.75) is 17.9 Å². The number of aliphatic carboxylic acids is 1. The Morgan fingerprint density at radius 2 is 2.35 bits per heavy atom. The van der Waals surface area contributed by atoms with Crippen LogP contribution in [0.4, 0.5) is 0 Å². The maximum Gasteiger partial charge on any atom is 0.307 e. The van der Waals surface area contributed by atoms with Gasteiger partial charge in [-0.05, 0) is 12.8 Å². The number of hydrogen-bond donors (Lipinski definition) is 2. The Balaban J connectivity index is 2.20. The Labute approximate surface area is 98.5 Å². The van der Waals surface area contributed by atoms with Crippen LogP contribution in [0.2, 0.25) is 0 Å². The van der Waals surface area contributed by atoms with Crippen LogP contribution in [0, 0.1) is 5.92 Å². The Hall–Kier alpha value is -1.41. The standard InChI is InChI=1S/C9H13N3O4S/c13-9(14)7-2-1-3-12(5-7)17(15,16)8-4-10-6-11-8/h4,6-7H,1-3,5H2,(H,10,11)(H,13,14)/t7-/m1/s1. The van der Waals surface area contributed by atoms with Crippen LogP contribution >= 0.6 is 0 Å². The van der Waals surface area contributed by atoms with Gasteiger partial charge in [0.1, 0.15) is 0 Å². The lowest BCUT2D eigenvalue weighted by molar-refractivity contribution is -0.142. The van der Waals surface area contributed by atoms with Crippen LogP contribution in [0.5, 0.6) is 0 Å². The number of imidazole rings is 1. The third-order valence-corrected chi connectivity index (χ3v) is 4.61. The Kier molecular flexibility index (Phi) is 3.16. The minimum Gasteiger partial charge on any atom is -0.481 e. The molecule has 2 rings (SSSR count). The molecule has 17 heavy (non-hydrogen) atoms. The van der Waals surface area contributed by atoms with E-state index in [-0.39, 0.29) is 11.6 Å². The highest BCUT2D eigenvalue weighted by Crippen LogP contribution is 2.22. The molecule has 0 spiro atoms. The summed E-state index contributed by atoms with van der Waals surface area (Å²) in [5.74, 6) is -1.57. The molecule has 8 heteroatoms. The fourth-order valence-electron chi connectivity index (χ4n) is 1.89. The number of sulfonamides is 1. The predicted molar refractivity (Wildman–Crippen MR) is 57.7 cm³/mol. The molecule has 1 aliphatic heterocycles. The van der Waals surface area contributed by atoms with E-state index in [2.05, 4.69) is 9.97 Å². The molecule has 7 nitrogen and oxygen atoms in total. The zero-order valence-corrected chi connectivity index (χ0v) is 9.85. The van der Waals surface area contributed by atoms with Crippen LogP contribution < -0.4 is 0 Å². The molecule has 0 radical (unpaired) electrons. The Morgan fingerprint density at radius 1 is 1.59 bits per heavy atom. The number of rotatable bonds is 3. The molecule has 1 fully saturated rings. The number of carboxylic acid groups (broad SMARTS) is 1. The summed E-state index contributed by atoms with van der Waals surface area (Å²) in [5.41, 5.74) is 0. The summed E-state index contributed by atoms with van der Waals surface area (Å²) in [5, 5.41) is 8.91. The first-order valence-corrected chi connectivity index (χ1v) is 6.67. The molecular weight excluding hydrogens is 246 g/mol. The third kappa shape index (κ3) is 2.32. The monoisotopic (exact) mass is 259 g/mol. The minimum absolute atomic E-state index is 0.00328. The van der Waals surface area contributed by atoms with Crippen molar-refractivity contribution in [1.29, 1.82) is 0 Å². The smallest absolute Gasteiger partial charge is 0.307 e. The largest absolute Gasteiger partial charge is 0.481 e. The average Bonchev–Trinajstić information content (AvgIpc) is 2.83. The number of aromatic nitrogens is 2. The van der Waals surface area contributed by atoms with Crippen LogP contribution in [0.1, 0.15) is 12.8 Å². The number of H-pyrrole nitrogens is 1. The molecule has 0 bridgehead atoms. The molecule has 2 N–H and O–H groups in total. The van der Waals surface area contributed by atoms with Crippen LogP contribution in [0.3, 0.4) is 0 Å². The fraction of sp³-hybridized carbons (Fsp3) is 0.556. The van der Waals surface area contributed by atoms with E-state index in [4.69, 9.17) is 5.11 Å². The van der Waals surface area contributed by atoms with Crippen molar-refractivity contribution in [3.63, 3.8) is 0 Å². The molecule has 0 unspecified atom stereocenters. The Bertz CT molecular complexity index is 496. The quantitative estimate of drug-likeness (QED) is 0.788. The molecular formula is C9H13N3O4S.